The molecule has 1 amide bonds. The number of carboxylic acids is 1. The monoisotopic (exact) mass is 334 g/mol. The number of sulfonamides is 1. The first-order valence-electron chi connectivity index (χ1n) is 6.37. The molecule has 1 heterocycles. The second-order valence-corrected chi connectivity index (χ2v) is 6.96. The van der Waals surface area contributed by atoms with Gasteiger partial charge in [0.1, 0.15) is 9.77 Å². The summed E-state index contributed by atoms with van der Waals surface area (Å²) in [5.41, 5.74) is 0.375. The number of aromatic carboxylic acids is 1. The van der Waals surface area contributed by atoms with E-state index >= 15 is 0 Å². The van der Waals surface area contributed by atoms with E-state index in [1.165, 1.54) is 12.3 Å². The van der Waals surface area contributed by atoms with Crippen LogP contribution >= 0.6 is 11.3 Å². The fourth-order valence-electron chi connectivity index (χ4n) is 1.64. The fourth-order valence-corrected chi connectivity index (χ4v) is 4.30. The molecule has 0 unspecified atom stereocenters. The van der Waals surface area contributed by atoms with Gasteiger partial charge in [0.25, 0.3) is 0 Å². The standard InChI is InChI=1S/C12H18N2O5S2/c1-3-5-13-9(15)4-6-14-21(18,19)11-8(2)7-20-10(11)12(16)17/h7,14H,3-6H2,1-2H3,(H,13,15)(H,16,17). The molecule has 3 N–H and O–H groups in total. The molecule has 0 saturated heterocycles. The molecule has 21 heavy (non-hydrogen) atoms. The number of hydrogen-bond donors (Lipinski definition) is 3. The highest BCUT2D eigenvalue weighted by atomic mass is 32.2. The Hall–Kier alpha value is -1.45. The van der Waals surface area contributed by atoms with Gasteiger partial charge in [-0.2, -0.15) is 0 Å². The van der Waals surface area contributed by atoms with Gasteiger partial charge in [-0.15, -0.1) is 11.3 Å². The minimum absolute atomic E-state index is 0.00478. The molecule has 0 bridgehead atoms. The van der Waals surface area contributed by atoms with Crippen molar-refractivity contribution in [2.75, 3.05) is 13.1 Å². The number of carboxylic acid groups (broad SMARTS) is 1. The van der Waals surface area contributed by atoms with Crippen LogP contribution in [-0.2, 0) is 14.8 Å². The van der Waals surface area contributed by atoms with Crippen LogP contribution in [0.15, 0.2) is 10.3 Å². The summed E-state index contributed by atoms with van der Waals surface area (Å²) in [7, 11) is -3.94. The Balaban J connectivity index is 2.73. The van der Waals surface area contributed by atoms with E-state index in [-0.39, 0.29) is 28.6 Å². The highest BCUT2D eigenvalue weighted by Crippen LogP contribution is 2.26. The maximum Gasteiger partial charge on any atom is 0.347 e. The molecule has 0 aliphatic rings. The van der Waals surface area contributed by atoms with Gasteiger partial charge in [0, 0.05) is 19.5 Å². The summed E-state index contributed by atoms with van der Waals surface area (Å²) < 4.78 is 26.5. The van der Waals surface area contributed by atoms with Crippen LogP contribution in [-0.4, -0.2) is 38.5 Å². The van der Waals surface area contributed by atoms with Crippen molar-refractivity contribution in [2.45, 2.75) is 31.6 Å². The van der Waals surface area contributed by atoms with Crippen molar-refractivity contribution in [3.05, 3.63) is 15.8 Å². The Morgan fingerprint density at radius 1 is 1.33 bits per heavy atom. The molecule has 7 nitrogen and oxygen atoms in total. The lowest BCUT2D eigenvalue weighted by molar-refractivity contribution is -0.120. The van der Waals surface area contributed by atoms with Crippen LogP contribution in [0, 0.1) is 6.92 Å². The topological polar surface area (TPSA) is 113 Å². The van der Waals surface area contributed by atoms with Crippen molar-refractivity contribution in [1.29, 1.82) is 0 Å². The van der Waals surface area contributed by atoms with Crippen LogP contribution in [0.5, 0.6) is 0 Å². The van der Waals surface area contributed by atoms with E-state index < -0.39 is 16.0 Å². The Bertz CT molecular complexity index is 622. The summed E-state index contributed by atoms with van der Waals surface area (Å²) in [6.45, 7) is 3.91. The van der Waals surface area contributed by atoms with Crippen molar-refractivity contribution in [3.63, 3.8) is 0 Å². The van der Waals surface area contributed by atoms with Gasteiger partial charge in [0.15, 0.2) is 0 Å². The summed E-state index contributed by atoms with van der Waals surface area (Å²) in [5, 5.41) is 13.1. The Kier molecular flexibility index (Phi) is 6.31. The van der Waals surface area contributed by atoms with Gasteiger partial charge in [-0.05, 0) is 24.3 Å². The quantitative estimate of drug-likeness (QED) is 0.655. The predicted molar refractivity (Wildman–Crippen MR) is 79.1 cm³/mol. The van der Waals surface area contributed by atoms with Crippen molar-refractivity contribution in [2.24, 2.45) is 0 Å². The average Bonchev–Trinajstić information content (AvgIpc) is 2.79. The molecule has 0 atom stereocenters. The number of nitrogens with one attached hydrogen (secondary N) is 2. The molecule has 0 fully saturated rings. The molecule has 1 aromatic rings. The van der Waals surface area contributed by atoms with Gasteiger partial charge in [0.05, 0.1) is 0 Å². The summed E-state index contributed by atoms with van der Waals surface area (Å²) >= 11 is 0.864. The SMILES string of the molecule is CCCNC(=O)CCNS(=O)(=O)c1c(C)csc1C(=O)O. The smallest absolute Gasteiger partial charge is 0.347 e. The zero-order chi connectivity index (χ0) is 16.0. The molecular weight excluding hydrogens is 316 g/mol. The minimum atomic E-state index is -3.94. The number of hydrogen-bond acceptors (Lipinski definition) is 5. The number of rotatable bonds is 8. The first-order valence-corrected chi connectivity index (χ1v) is 8.73. The van der Waals surface area contributed by atoms with Gasteiger partial charge in [-0.1, -0.05) is 6.92 Å². The minimum Gasteiger partial charge on any atom is -0.477 e. The van der Waals surface area contributed by atoms with Gasteiger partial charge < -0.3 is 10.4 Å². The van der Waals surface area contributed by atoms with Crippen LogP contribution < -0.4 is 10.0 Å². The molecule has 1 rings (SSSR count). The van der Waals surface area contributed by atoms with E-state index in [9.17, 15) is 18.0 Å². The van der Waals surface area contributed by atoms with Crippen molar-refractivity contribution < 1.29 is 23.1 Å². The molecule has 0 aromatic carbocycles. The van der Waals surface area contributed by atoms with E-state index in [0.717, 1.165) is 17.8 Å². The van der Waals surface area contributed by atoms with Crippen molar-refractivity contribution in [3.8, 4) is 0 Å². The Labute approximate surface area is 127 Å². The molecule has 0 aliphatic heterocycles. The molecule has 118 valence electrons. The van der Waals surface area contributed by atoms with Crippen molar-refractivity contribution in [1.82, 2.24) is 10.0 Å². The first-order chi connectivity index (χ1) is 9.79. The molecule has 9 heteroatoms. The first kappa shape index (κ1) is 17.6. The lowest BCUT2D eigenvalue weighted by Gasteiger charge is -2.08. The normalized spacial score (nSPS) is 11.3. The number of amides is 1. The maximum atomic E-state index is 12.1. The summed E-state index contributed by atoms with van der Waals surface area (Å²) in [6.07, 6.45) is 0.804. The van der Waals surface area contributed by atoms with Crippen LogP contribution in [0.1, 0.15) is 35.0 Å². The molecule has 0 radical (unpaired) electrons. The maximum absolute atomic E-state index is 12.1. The Morgan fingerprint density at radius 3 is 2.57 bits per heavy atom. The molecular formula is C12H18N2O5S2. The van der Waals surface area contributed by atoms with Crippen LogP contribution in [0.25, 0.3) is 0 Å². The second kappa shape index (κ2) is 7.53. The number of thiophene rings is 1. The summed E-state index contributed by atoms with van der Waals surface area (Å²) in [6, 6.07) is 0. The van der Waals surface area contributed by atoms with Crippen molar-refractivity contribution >= 4 is 33.2 Å². The van der Waals surface area contributed by atoms with E-state index in [1.807, 2.05) is 6.92 Å². The largest absolute Gasteiger partial charge is 0.477 e. The highest BCUT2D eigenvalue weighted by Gasteiger charge is 2.26. The fraction of sp³-hybridized carbons (Fsp3) is 0.500. The van der Waals surface area contributed by atoms with Crippen LogP contribution in [0.4, 0.5) is 0 Å². The molecule has 0 aliphatic carbocycles. The van der Waals surface area contributed by atoms with E-state index in [0.29, 0.717) is 12.1 Å². The number of carbonyl (C=O) groups is 2. The second-order valence-electron chi connectivity index (χ2n) is 4.38. The van der Waals surface area contributed by atoms with Gasteiger partial charge >= 0.3 is 5.97 Å². The number of carbonyl (C=O) groups excluding carboxylic acids is 1. The van der Waals surface area contributed by atoms with E-state index in [1.54, 1.807) is 0 Å². The summed E-state index contributed by atoms with van der Waals surface area (Å²) in [4.78, 5) is 22.0. The summed E-state index contributed by atoms with van der Waals surface area (Å²) in [5.74, 6) is -1.53. The van der Waals surface area contributed by atoms with Gasteiger partial charge in [0.2, 0.25) is 15.9 Å². The van der Waals surface area contributed by atoms with Gasteiger partial charge in [-0.25, -0.2) is 17.9 Å². The molecule has 0 spiro atoms. The lowest BCUT2D eigenvalue weighted by atomic mass is 10.3. The van der Waals surface area contributed by atoms with E-state index in [2.05, 4.69) is 10.0 Å². The molecule has 1 aromatic heterocycles. The third-order valence-corrected chi connectivity index (χ3v) is 5.46. The highest BCUT2D eigenvalue weighted by molar-refractivity contribution is 7.89. The van der Waals surface area contributed by atoms with Gasteiger partial charge in [-0.3, -0.25) is 4.79 Å². The Morgan fingerprint density at radius 2 is 2.00 bits per heavy atom. The average molecular weight is 334 g/mol. The third kappa shape index (κ3) is 4.80. The number of aryl methyl sites for hydroxylation is 1. The zero-order valence-corrected chi connectivity index (χ0v) is 13.4. The zero-order valence-electron chi connectivity index (χ0n) is 11.8. The lowest BCUT2D eigenvalue weighted by Crippen LogP contribution is -2.31. The van der Waals surface area contributed by atoms with E-state index in [4.69, 9.17) is 5.11 Å². The third-order valence-electron chi connectivity index (χ3n) is 2.60. The van der Waals surface area contributed by atoms with Crippen LogP contribution in [0.2, 0.25) is 0 Å². The molecule has 0 saturated carbocycles. The predicted octanol–water partition coefficient (Wildman–Crippen LogP) is 0.949. The van der Waals surface area contributed by atoms with Crippen LogP contribution in [0.3, 0.4) is 0 Å².